The number of carbonyl (C=O) groups excluding carboxylic acids is 2. The van der Waals surface area contributed by atoms with Crippen LogP contribution in [0.1, 0.15) is 20.8 Å². The van der Waals surface area contributed by atoms with Crippen LogP contribution in [0.15, 0.2) is 53.3 Å². The molecular weight excluding hydrogens is 405 g/mol. The maximum Gasteiger partial charge on any atom is 0.337 e. The van der Waals surface area contributed by atoms with Gasteiger partial charge in [-0.2, -0.15) is 0 Å². The minimum atomic E-state index is -0.841. The normalized spacial score (nSPS) is 10.9. The molecule has 0 saturated heterocycles. The lowest BCUT2D eigenvalue weighted by molar-refractivity contribution is 0.0600. The molecule has 0 spiro atoms. The molecule has 2 aromatic carbocycles. The van der Waals surface area contributed by atoms with Crippen molar-refractivity contribution in [2.75, 3.05) is 7.11 Å². The number of carbonyl (C=O) groups is 2. The molecule has 31 heavy (non-hydrogen) atoms. The quantitative estimate of drug-likeness (QED) is 0.502. The van der Waals surface area contributed by atoms with Gasteiger partial charge in [0, 0.05) is 12.6 Å². The van der Waals surface area contributed by atoms with Gasteiger partial charge in [0.15, 0.2) is 17.2 Å². The molecule has 10 heteroatoms. The van der Waals surface area contributed by atoms with Gasteiger partial charge in [-0.15, -0.1) is 0 Å². The molecule has 2 heterocycles. The summed E-state index contributed by atoms with van der Waals surface area (Å²) in [4.78, 5) is 45.4. The third-order valence-electron chi connectivity index (χ3n) is 4.77. The van der Waals surface area contributed by atoms with Crippen LogP contribution in [0.5, 0.6) is 0 Å². The number of amides is 1. The number of fused-ring (bicyclic) bond motifs is 1. The molecule has 4 rings (SSSR count). The number of hydrogen-bond donors (Lipinski definition) is 1. The molecule has 156 valence electrons. The highest BCUT2D eigenvalue weighted by molar-refractivity contribution is 6.02. The maximum atomic E-state index is 13.4. The van der Waals surface area contributed by atoms with Crippen LogP contribution in [0.3, 0.4) is 0 Å². The summed E-state index contributed by atoms with van der Waals surface area (Å²) in [7, 11) is 2.74. The van der Waals surface area contributed by atoms with Crippen LogP contribution in [0.25, 0.3) is 28.2 Å². The SMILES string of the molecule is COC(=O)c1ccc(-c2nc(C(N)=O)c3c(n2)n(-c2ccc(F)cc2)c(=O)n3C)cc1. The van der Waals surface area contributed by atoms with Crippen molar-refractivity contribution in [3.63, 3.8) is 0 Å². The molecule has 0 atom stereocenters. The number of primary amides is 1. The van der Waals surface area contributed by atoms with Crippen LogP contribution in [-0.2, 0) is 11.8 Å². The van der Waals surface area contributed by atoms with E-state index >= 15 is 0 Å². The van der Waals surface area contributed by atoms with Gasteiger partial charge < -0.3 is 10.5 Å². The number of hydrogen-bond acceptors (Lipinski definition) is 6. The Morgan fingerprint density at radius 2 is 1.68 bits per heavy atom. The number of nitrogens with zero attached hydrogens (tertiary/aromatic N) is 4. The highest BCUT2D eigenvalue weighted by Crippen LogP contribution is 2.23. The lowest BCUT2D eigenvalue weighted by atomic mass is 10.1. The van der Waals surface area contributed by atoms with Crippen LogP contribution in [-0.4, -0.2) is 38.1 Å². The second-order valence-corrected chi connectivity index (χ2v) is 6.65. The molecule has 0 aliphatic carbocycles. The maximum absolute atomic E-state index is 13.4. The number of nitrogens with two attached hydrogens (primary N) is 1. The van der Waals surface area contributed by atoms with Crippen LogP contribution in [0.2, 0.25) is 0 Å². The number of aryl methyl sites for hydroxylation is 1. The molecule has 9 nitrogen and oxygen atoms in total. The van der Waals surface area contributed by atoms with Gasteiger partial charge in [0.2, 0.25) is 0 Å². The average Bonchev–Trinajstić information content (AvgIpc) is 3.03. The van der Waals surface area contributed by atoms with Gasteiger partial charge in [-0.05, 0) is 36.4 Å². The second-order valence-electron chi connectivity index (χ2n) is 6.65. The van der Waals surface area contributed by atoms with Crippen molar-refractivity contribution in [3.8, 4) is 17.1 Å². The zero-order chi connectivity index (χ0) is 22.3. The summed E-state index contributed by atoms with van der Waals surface area (Å²) >= 11 is 0. The second kappa shape index (κ2) is 7.48. The zero-order valence-electron chi connectivity index (χ0n) is 16.5. The molecule has 2 N–H and O–H groups in total. The molecular formula is C21H16FN5O4. The first kappa shape index (κ1) is 20.0. The van der Waals surface area contributed by atoms with Crippen molar-refractivity contribution in [2.24, 2.45) is 12.8 Å². The Morgan fingerprint density at radius 1 is 1.03 bits per heavy atom. The third-order valence-corrected chi connectivity index (χ3v) is 4.77. The number of benzene rings is 2. The number of methoxy groups -OCH3 is 1. The number of imidazole rings is 1. The molecule has 0 bridgehead atoms. The van der Waals surface area contributed by atoms with Crippen molar-refractivity contribution >= 4 is 23.0 Å². The van der Waals surface area contributed by atoms with Crippen LogP contribution in [0, 0.1) is 5.82 Å². The van der Waals surface area contributed by atoms with Gasteiger partial charge in [0.25, 0.3) is 5.91 Å². The summed E-state index contributed by atoms with van der Waals surface area (Å²) < 4.78 is 20.5. The number of rotatable bonds is 4. The fourth-order valence-electron chi connectivity index (χ4n) is 3.24. The molecule has 0 saturated carbocycles. The Balaban J connectivity index is 2.00. The number of esters is 1. The Hall–Kier alpha value is -4.34. The highest BCUT2D eigenvalue weighted by atomic mass is 19.1. The Kier molecular flexibility index (Phi) is 4.82. The lowest BCUT2D eigenvalue weighted by Gasteiger charge is -2.07. The summed E-state index contributed by atoms with van der Waals surface area (Å²) in [6.07, 6.45) is 0. The molecule has 1 amide bonds. The van der Waals surface area contributed by atoms with Crippen molar-refractivity contribution in [2.45, 2.75) is 0 Å². The van der Waals surface area contributed by atoms with Gasteiger partial charge in [0.1, 0.15) is 11.3 Å². The fourth-order valence-corrected chi connectivity index (χ4v) is 3.24. The first-order chi connectivity index (χ1) is 14.8. The van der Waals surface area contributed by atoms with E-state index in [1.165, 1.54) is 59.7 Å². The Labute approximate surface area is 174 Å². The average molecular weight is 421 g/mol. The van der Waals surface area contributed by atoms with Crippen LogP contribution in [0.4, 0.5) is 4.39 Å². The summed E-state index contributed by atoms with van der Waals surface area (Å²) in [5.74, 6) is -1.68. The van der Waals surface area contributed by atoms with E-state index in [0.29, 0.717) is 16.8 Å². The molecule has 0 aliphatic heterocycles. The van der Waals surface area contributed by atoms with E-state index in [1.807, 2.05) is 0 Å². The molecule has 0 aliphatic rings. The van der Waals surface area contributed by atoms with Crippen LogP contribution < -0.4 is 11.4 Å². The molecule has 0 fully saturated rings. The summed E-state index contributed by atoms with van der Waals surface area (Å²) in [6.45, 7) is 0. The zero-order valence-corrected chi connectivity index (χ0v) is 16.5. The minimum absolute atomic E-state index is 0.124. The smallest absolute Gasteiger partial charge is 0.337 e. The van der Waals surface area contributed by atoms with E-state index in [1.54, 1.807) is 12.1 Å². The monoisotopic (exact) mass is 421 g/mol. The highest BCUT2D eigenvalue weighted by Gasteiger charge is 2.23. The fraction of sp³-hybridized carbons (Fsp3) is 0.0952. The molecule has 2 aromatic heterocycles. The summed E-state index contributed by atoms with van der Waals surface area (Å²) in [5.41, 5.74) is 6.34. The van der Waals surface area contributed by atoms with Gasteiger partial charge in [-0.3, -0.25) is 9.36 Å². The van der Waals surface area contributed by atoms with E-state index in [0.717, 1.165) is 0 Å². The number of halogens is 1. The lowest BCUT2D eigenvalue weighted by Crippen LogP contribution is -2.21. The first-order valence-corrected chi connectivity index (χ1v) is 9.05. The third kappa shape index (κ3) is 3.33. The van der Waals surface area contributed by atoms with Gasteiger partial charge in [0.05, 0.1) is 18.4 Å². The Bertz CT molecular complexity index is 1390. The summed E-state index contributed by atoms with van der Waals surface area (Å²) in [6, 6.07) is 11.5. The number of aromatic nitrogens is 4. The predicted octanol–water partition coefficient (Wildman–Crippen LogP) is 1.81. The standard InChI is InChI=1S/C21H16FN5O4/c1-26-16-15(17(23)28)24-18(11-3-5-12(6-4-11)20(29)31-2)25-19(16)27(21(26)30)14-9-7-13(22)8-10-14/h3-10H,1-2H3,(H2,23,28). The Morgan fingerprint density at radius 3 is 2.26 bits per heavy atom. The van der Waals surface area contributed by atoms with Gasteiger partial charge in [-0.25, -0.2) is 28.5 Å². The van der Waals surface area contributed by atoms with Crippen LogP contribution >= 0.6 is 0 Å². The topological polar surface area (TPSA) is 122 Å². The van der Waals surface area contributed by atoms with Crippen molar-refractivity contribution < 1.29 is 18.7 Å². The summed E-state index contributed by atoms with van der Waals surface area (Å²) in [5, 5.41) is 0. The number of ether oxygens (including phenoxy) is 1. The van der Waals surface area contributed by atoms with E-state index in [2.05, 4.69) is 14.7 Å². The molecule has 0 unspecified atom stereocenters. The largest absolute Gasteiger partial charge is 0.465 e. The van der Waals surface area contributed by atoms with E-state index in [-0.39, 0.29) is 22.7 Å². The minimum Gasteiger partial charge on any atom is -0.465 e. The van der Waals surface area contributed by atoms with Crippen molar-refractivity contribution in [1.29, 1.82) is 0 Å². The van der Waals surface area contributed by atoms with E-state index < -0.39 is 23.4 Å². The predicted molar refractivity (Wildman–Crippen MR) is 109 cm³/mol. The molecule has 0 radical (unpaired) electrons. The first-order valence-electron chi connectivity index (χ1n) is 9.05. The molecule has 4 aromatic rings. The van der Waals surface area contributed by atoms with Crippen molar-refractivity contribution in [1.82, 2.24) is 19.1 Å². The van der Waals surface area contributed by atoms with Crippen molar-refractivity contribution in [3.05, 3.63) is 76.1 Å². The van der Waals surface area contributed by atoms with E-state index in [4.69, 9.17) is 5.73 Å². The van der Waals surface area contributed by atoms with Gasteiger partial charge in [-0.1, -0.05) is 12.1 Å². The van der Waals surface area contributed by atoms with E-state index in [9.17, 15) is 18.8 Å². The van der Waals surface area contributed by atoms with Gasteiger partial charge >= 0.3 is 11.7 Å².